The SMILES string of the molecule is BC(/C=C(/C)C(C)=C(C)C)NC. The molecule has 2 heteroatoms. The first-order valence-corrected chi connectivity index (χ1v) is 4.49. The molecule has 0 aromatic heterocycles. The van der Waals surface area contributed by atoms with Gasteiger partial charge in [-0.2, -0.15) is 0 Å². The van der Waals surface area contributed by atoms with E-state index >= 15 is 0 Å². The molecule has 1 nitrogen and oxygen atoms in total. The summed E-state index contributed by atoms with van der Waals surface area (Å²) in [4.78, 5) is 0. The van der Waals surface area contributed by atoms with E-state index in [1.54, 1.807) is 0 Å². The number of likely N-dealkylation sites (N-methyl/N-ethyl adjacent to an activating group) is 1. The van der Waals surface area contributed by atoms with Crippen LogP contribution in [0.4, 0.5) is 0 Å². The zero-order valence-electron chi connectivity index (χ0n) is 9.15. The van der Waals surface area contributed by atoms with Gasteiger partial charge in [-0.15, -0.1) is 0 Å². The molecule has 0 bridgehead atoms. The maximum absolute atomic E-state index is 3.19. The molecule has 0 aliphatic heterocycles. The van der Waals surface area contributed by atoms with Crippen LogP contribution >= 0.6 is 0 Å². The predicted molar refractivity (Wildman–Crippen MR) is 59.2 cm³/mol. The first kappa shape index (κ1) is 11.5. The highest BCUT2D eigenvalue weighted by molar-refractivity contribution is 6.13. The van der Waals surface area contributed by atoms with Gasteiger partial charge in [0.25, 0.3) is 0 Å². The quantitative estimate of drug-likeness (QED) is 0.493. The molecule has 0 spiro atoms. The lowest BCUT2D eigenvalue weighted by atomic mass is 9.92. The van der Waals surface area contributed by atoms with Crippen molar-refractivity contribution in [2.24, 2.45) is 0 Å². The predicted octanol–water partition coefficient (Wildman–Crippen LogP) is 1.47. The highest BCUT2D eigenvalue weighted by atomic mass is 14.8. The lowest BCUT2D eigenvalue weighted by molar-refractivity contribution is 0.849. The molecule has 1 N–H and O–H groups in total. The van der Waals surface area contributed by atoms with Gasteiger partial charge in [-0.05, 0) is 46.3 Å². The van der Waals surface area contributed by atoms with E-state index in [1.165, 1.54) is 16.7 Å². The number of allylic oxidation sites excluding steroid dienone is 3. The van der Waals surface area contributed by atoms with Crippen LogP contribution in [0.1, 0.15) is 27.7 Å². The van der Waals surface area contributed by atoms with Gasteiger partial charge in [0.15, 0.2) is 0 Å². The van der Waals surface area contributed by atoms with Gasteiger partial charge in [-0.3, -0.25) is 0 Å². The molecule has 0 aromatic carbocycles. The highest BCUT2D eigenvalue weighted by Crippen LogP contribution is 2.12. The van der Waals surface area contributed by atoms with Crippen LogP contribution in [-0.4, -0.2) is 20.8 Å². The van der Waals surface area contributed by atoms with Crippen molar-refractivity contribution >= 4 is 7.85 Å². The molecular formula is C10H20BN. The first-order valence-electron chi connectivity index (χ1n) is 4.49. The van der Waals surface area contributed by atoms with Gasteiger partial charge in [0.2, 0.25) is 0 Å². The first-order chi connectivity index (χ1) is 5.49. The summed E-state index contributed by atoms with van der Waals surface area (Å²) >= 11 is 0. The zero-order chi connectivity index (χ0) is 9.72. The normalized spacial score (nSPS) is 14.2. The van der Waals surface area contributed by atoms with Crippen molar-refractivity contribution in [1.29, 1.82) is 0 Å². The molecule has 0 saturated heterocycles. The van der Waals surface area contributed by atoms with E-state index in [4.69, 9.17) is 0 Å². The number of rotatable bonds is 3. The average Bonchev–Trinajstić information content (AvgIpc) is 2.02. The lowest BCUT2D eigenvalue weighted by Gasteiger charge is -2.08. The smallest absolute Gasteiger partial charge is 0.128 e. The molecule has 1 unspecified atom stereocenters. The monoisotopic (exact) mass is 165 g/mol. The summed E-state index contributed by atoms with van der Waals surface area (Å²) in [5.74, 6) is 0.458. The summed E-state index contributed by atoms with van der Waals surface area (Å²) in [6, 6.07) is 0. The van der Waals surface area contributed by atoms with Crippen LogP contribution in [0.15, 0.2) is 22.8 Å². The molecule has 0 saturated carbocycles. The van der Waals surface area contributed by atoms with Crippen molar-refractivity contribution in [3.8, 4) is 0 Å². The van der Waals surface area contributed by atoms with Gasteiger partial charge in [0.1, 0.15) is 7.85 Å². The van der Waals surface area contributed by atoms with E-state index in [9.17, 15) is 0 Å². The fourth-order valence-electron chi connectivity index (χ4n) is 0.978. The van der Waals surface area contributed by atoms with Crippen LogP contribution in [0, 0.1) is 0 Å². The highest BCUT2D eigenvalue weighted by Gasteiger charge is 1.97. The minimum absolute atomic E-state index is 0.458. The molecule has 12 heavy (non-hydrogen) atoms. The van der Waals surface area contributed by atoms with Gasteiger partial charge in [0, 0.05) is 0 Å². The number of hydrogen-bond donors (Lipinski definition) is 1. The molecule has 0 aliphatic carbocycles. The maximum atomic E-state index is 3.19. The van der Waals surface area contributed by atoms with Gasteiger partial charge >= 0.3 is 0 Å². The van der Waals surface area contributed by atoms with E-state index in [1.807, 2.05) is 7.05 Å². The Hall–Kier alpha value is -0.495. The molecule has 0 heterocycles. The standard InChI is InChI=1S/C10H20BN/c1-7(2)9(4)8(3)6-10(11)12-5/h6,10,12H,11H2,1-5H3/b8-6-. The third-order valence-corrected chi connectivity index (χ3v) is 2.30. The van der Waals surface area contributed by atoms with Gasteiger partial charge in [-0.1, -0.05) is 17.2 Å². The maximum Gasteiger partial charge on any atom is 0.128 e. The molecule has 1 atom stereocenters. The lowest BCUT2D eigenvalue weighted by Crippen LogP contribution is -2.22. The van der Waals surface area contributed by atoms with Crippen LogP contribution in [0.5, 0.6) is 0 Å². The van der Waals surface area contributed by atoms with E-state index in [2.05, 4.69) is 46.9 Å². The summed E-state index contributed by atoms with van der Waals surface area (Å²) in [7, 11) is 4.13. The van der Waals surface area contributed by atoms with E-state index < -0.39 is 0 Å². The summed E-state index contributed by atoms with van der Waals surface area (Å²) in [6.45, 7) is 8.63. The summed E-state index contributed by atoms with van der Waals surface area (Å²) in [5, 5.41) is 3.19. The fourth-order valence-corrected chi connectivity index (χ4v) is 0.978. The van der Waals surface area contributed by atoms with Crippen LogP contribution in [0.2, 0.25) is 0 Å². The van der Waals surface area contributed by atoms with Crippen LogP contribution < -0.4 is 5.32 Å². The summed E-state index contributed by atoms with van der Waals surface area (Å²) in [6.07, 6.45) is 2.25. The van der Waals surface area contributed by atoms with Crippen LogP contribution in [0.25, 0.3) is 0 Å². The van der Waals surface area contributed by atoms with E-state index in [-0.39, 0.29) is 0 Å². The number of hydrogen-bond acceptors (Lipinski definition) is 1. The zero-order valence-corrected chi connectivity index (χ0v) is 9.15. The minimum Gasteiger partial charge on any atom is -0.321 e. The largest absolute Gasteiger partial charge is 0.321 e. The Labute approximate surface area is 77.3 Å². The van der Waals surface area contributed by atoms with Crippen LogP contribution in [0.3, 0.4) is 0 Å². The van der Waals surface area contributed by atoms with Gasteiger partial charge < -0.3 is 5.32 Å². The Balaban J connectivity index is 4.49. The van der Waals surface area contributed by atoms with Crippen molar-refractivity contribution in [2.75, 3.05) is 7.05 Å². The molecule has 0 aromatic rings. The molecule has 0 rings (SSSR count). The van der Waals surface area contributed by atoms with Gasteiger partial charge in [-0.25, -0.2) is 0 Å². The Morgan fingerprint density at radius 1 is 1.25 bits per heavy atom. The second-order valence-corrected chi connectivity index (χ2v) is 3.55. The Morgan fingerprint density at radius 3 is 2.08 bits per heavy atom. The molecule has 0 amide bonds. The molecule has 0 fully saturated rings. The molecule has 0 radical (unpaired) electrons. The molecule has 0 aliphatic rings. The molecule has 68 valence electrons. The third-order valence-electron chi connectivity index (χ3n) is 2.30. The summed E-state index contributed by atoms with van der Waals surface area (Å²) in [5.41, 5.74) is 4.17. The third kappa shape index (κ3) is 3.77. The van der Waals surface area contributed by atoms with E-state index in [0.29, 0.717) is 5.94 Å². The van der Waals surface area contributed by atoms with Gasteiger partial charge in [0.05, 0.1) is 0 Å². The second-order valence-electron chi connectivity index (χ2n) is 3.55. The van der Waals surface area contributed by atoms with Crippen molar-refractivity contribution in [2.45, 2.75) is 33.6 Å². The van der Waals surface area contributed by atoms with Crippen LogP contribution in [-0.2, 0) is 0 Å². The van der Waals surface area contributed by atoms with Crippen molar-refractivity contribution in [3.63, 3.8) is 0 Å². The Bertz CT molecular complexity index is 200. The minimum atomic E-state index is 0.458. The van der Waals surface area contributed by atoms with Crippen molar-refractivity contribution in [3.05, 3.63) is 22.8 Å². The summed E-state index contributed by atoms with van der Waals surface area (Å²) < 4.78 is 0. The Morgan fingerprint density at radius 2 is 1.75 bits per heavy atom. The van der Waals surface area contributed by atoms with Crippen molar-refractivity contribution in [1.82, 2.24) is 5.32 Å². The fraction of sp³-hybridized carbons (Fsp3) is 0.600. The van der Waals surface area contributed by atoms with E-state index in [0.717, 1.165) is 0 Å². The second kappa shape index (κ2) is 5.20. The number of nitrogens with one attached hydrogen (secondary N) is 1. The topological polar surface area (TPSA) is 12.0 Å². The average molecular weight is 165 g/mol. The van der Waals surface area contributed by atoms with Crippen molar-refractivity contribution < 1.29 is 0 Å². The molecular weight excluding hydrogens is 145 g/mol. The Kier molecular flexibility index (Phi) is 4.99.